The molecule has 696 valence electrons. The SMILES string of the molecule is CNC(=O)c1cc(-c2cccnc2[C@H](Cc2cc(F)cc(F)c2)NC(=O)Cn2c(CN3CCOCC3)nc3ccccc32)ccc1F.CNC(=O)c1cc(-c2cccnc2[C@H](Cc2cc(F)cc(F)c2)NC(=O)Cn2nc(C(=O)N3CC(OC)C3)cc2C(C)C)ccc1F.CNC(=O)c1cccc(-c2cccnc2[C@H](Cc2cc(F)cc(F)c2)NC(=O)Cn2c(C)cc3cc(F)ccc32)c1. The molecule has 3 atom stereocenters. The van der Waals surface area contributed by atoms with Crippen LogP contribution in [0.25, 0.3) is 55.3 Å². The first-order valence-electron chi connectivity index (χ1n) is 43.3. The number of fused-ring (bicyclic) bond motifs is 2. The molecule has 16 rings (SSSR count). The molecular weight excluding hydrogens is 1750 g/mol. The molecule has 0 bridgehead atoms. The van der Waals surface area contributed by atoms with Crippen LogP contribution >= 0.6 is 0 Å². The van der Waals surface area contributed by atoms with Gasteiger partial charge in [0.15, 0.2) is 5.69 Å². The van der Waals surface area contributed by atoms with Crippen molar-refractivity contribution in [3.05, 3.63) is 351 Å². The van der Waals surface area contributed by atoms with Gasteiger partial charge in [-0.2, -0.15) is 5.10 Å². The largest absolute Gasteiger partial charge is 0.379 e. The highest BCUT2D eigenvalue weighted by molar-refractivity contribution is 5.98. The van der Waals surface area contributed by atoms with Crippen LogP contribution in [0.2, 0.25) is 0 Å². The third-order valence-corrected chi connectivity index (χ3v) is 23.0. The number of ether oxygens (including phenoxy) is 2. The molecule has 2 fully saturated rings. The van der Waals surface area contributed by atoms with E-state index >= 15 is 0 Å². The summed E-state index contributed by atoms with van der Waals surface area (Å²) in [6, 6.07) is 47.7. The molecule has 14 aromatic rings. The average Bonchev–Trinajstić information content (AvgIpc) is 1.64. The van der Waals surface area contributed by atoms with Crippen LogP contribution in [0.5, 0.6) is 0 Å². The number of aromatic nitrogens is 8. The Bertz CT molecular complexity index is 6700. The number of rotatable bonds is 29. The number of imidazole rings is 1. The average molecular weight is 1850 g/mol. The number of aryl methyl sites for hydroxylation is 1. The van der Waals surface area contributed by atoms with Gasteiger partial charge in [0.25, 0.3) is 23.6 Å². The van der Waals surface area contributed by atoms with Crippen LogP contribution < -0.4 is 31.9 Å². The minimum Gasteiger partial charge on any atom is -0.379 e. The van der Waals surface area contributed by atoms with Crippen molar-refractivity contribution in [3.8, 4) is 33.4 Å². The van der Waals surface area contributed by atoms with Crippen molar-refractivity contribution in [3.63, 3.8) is 0 Å². The molecule has 135 heavy (non-hydrogen) atoms. The Labute approximate surface area is 770 Å². The predicted molar refractivity (Wildman–Crippen MR) is 487 cm³/mol. The number of amides is 7. The molecule has 8 heterocycles. The number of morpholine rings is 1. The van der Waals surface area contributed by atoms with Crippen LogP contribution in [0.1, 0.15) is 130 Å². The van der Waals surface area contributed by atoms with E-state index in [0.717, 1.165) is 59.9 Å². The van der Waals surface area contributed by atoms with Crippen LogP contribution in [0.4, 0.5) is 39.5 Å². The number of likely N-dealkylation sites (tertiary alicyclic amines) is 1. The second-order valence-electron chi connectivity index (χ2n) is 32.7. The number of hydrogen-bond donors (Lipinski definition) is 6. The lowest BCUT2D eigenvalue weighted by molar-refractivity contribution is -0.123. The Hall–Kier alpha value is -15.0. The number of benzene rings is 8. The van der Waals surface area contributed by atoms with E-state index in [1.54, 1.807) is 96.6 Å². The monoisotopic (exact) mass is 1850 g/mol. The molecule has 6 aromatic heterocycles. The van der Waals surface area contributed by atoms with Gasteiger partial charge in [-0.05, 0) is 199 Å². The zero-order chi connectivity index (χ0) is 95.8. The maximum Gasteiger partial charge on any atom is 0.274 e. The second-order valence-corrected chi connectivity index (χ2v) is 32.7. The number of pyridine rings is 3. The van der Waals surface area contributed by atoms with Crippen LogP contribution in [0.15, 0.2) is 225 Å². The molecule has 25 nitrogen and oxygen atoms in total. The van der Waals surface area contributed by atoms with Crippen molar-refractivity contribution in [2.45, 2.75) is 96.4 Å². The predicted octanol–water partition coefficient (Wildman–Crippen LogP) is 15.1. The number of halogens is 9. The molecule has 7 amide bonds. The molecule has 34 heteroatoms. The lowest BCUT2D eigenvalue weighted by Gasteiger charge is -2.37. The molecule has 0 saturated carbocycles. The number of para-hydroxylation sites is 2. The summed E-state index contributed by atoms with van der Waals surface area (Å²) >= 11 is 0. The van der Waals surface area contributed by atoms with Gasteiger partial charge in [0.2, 0.25) is 17.7 Å². The summed E-state index contributed by atoms with van der Waals surface area (Å²) in [4.78, 5) is 113. The van der Waals surface area contributed by atoms with E-state index in [2.05, 4.69) is 56.9 Å². The minimum atomic E-state index is -0.917. The van der Waals surface area contributed by atoms with Crippen molar-refractivity contribution < 1.29 is 82.5 Å². The Morgan fingerprint density at radius 1 is 0.467 bits per heavy atom. The fraction of sp³-hybridized carbons (Fsp3) is 0.248. The van der Waals surface area contributed by atoms with Crippen molar-refractivity contribution >= 4 is 63.3 Å². The first-order chi connectivity index (χ1) is 65.0. The van der Waals surface area contributed by atoms with Crippen LogP contribution in [0, 0.1) is 59.3 Å². The number of methoxy groups -OCH3 is 1. The molecule has 0 spiro atoms. The third kappa shape index (κ3) is 23.7. The summed E-state index contributed by atoms with van der Waals surface area (Å²) in [5.41, 5.74) is 9.30. The van der Waals surface area contributed by atoms with Gasteiger partial charge in [-0.25, -0.2) is 44.5 Å². The topological polar surface area (TPSA) is 296 Å². The zero-order valence-electron chi connectivity index (χ0n) is 74.5. The van der Waals surface area contributed by atoms with Gasteiger partial charge in [0.1, 0.15) is 77.8 Å². The summed E-state index contributed by atoms with van der Waals surface area (Å²) in [6.07, 6.45) is 4.59. The highest BCUT2D eigenvalue weighted by Gasteiger charge is 2.35. The van der Waals surface area contributed by atoms with E-state index in [4.69, 9.17) is 14.5 Å². The molecule has 0 aliphatic carbocycles. The van der Waals surface area contributed by atoms with Crippen LogP contribution in [-0.2, 0) is 69.3 Å². The van der Waals surface area contributed by atoms with E-state index in [9.17, 15) is 73.1 Å². The fourth-order valence-corrected chi connectivity index (χ4v) is 16.5. The Kier molecular flexibility index (Phi) is 31.0. The van der Waals surface area contributed by atoms with E-state index in [1.807, 2.05) is 61.7 Å². The van der Waals surface area contributed by atoms with E-state index in [-0.39, 0.29) is 103 Å². The standard InChI is InChI=1S/C35H33F3N6O3.C34H35F3N6O4.C32H27F3N4O2/c1-39-35(46)27-18-23(8-9-28(27)38)26-5-4-10-40-34(26)30(17-22-15-24(36)19-25(37)16-22)42-33(45)21-44-31-7-3-2-6-29(31)41-32(44)20-43-11-13-47-14-12-43;1-19(2)30-15-29(34(46)42-16-24(17-42)47-4)41-43(30)18-31(44)40-28(12-20-10-22(35)14-23(36)11-20)32-25(6-5-9-39-32)21-7-8-27(37)26(13-21)33(45)38-3;1-19-11-23-16-24(33)8-9-29(23)39(19)18-30(40)38-28(14-20-12-25(34)17-26(35)13-20)31-27(7-4-10-37-31)21-5-3-6-22(15-21)32(41)36-2/h2-10,15-16,18-19,30H,11-14,17,20-21H2,1H3,(H,39,46)(H,42,45);5-11,13-15,19,24,28H,12,16-18H2,1-4H3,(H,38,45)(H,40,44);3-13,15-17,28H,14,18H2,1-2H3,(H,36,41)(H,38,40)/t30-;2*28-/m000/s1. The second kappa shape index (κ2) is 43.6. The number of carbonyl (C=O) groups is 7. The van der Waals surface area contributed by atoms with E-state index < -0.39 is 82.4 Å². The first-order valence-corrected chi connectivity index (χ1v) is 43.3. The highest BCUT2D eigenvalue weighted by atomic mass is 19.2. The zero-order valence-corrected chi connectivity index (χ0v) is 74.5. The molecule has 6 N–H and O–H groups in total. The number of carbonyl (C=O) groups excluding carboxylic acids is 7. The molecule has 0 radical (unpaired) electrons. The molecule has 8 aromatic carbocycles. The quantitative estimate of drug-likeness (QED) is 0.0238. The van der Waals surface area contributed by atoms with Crippen molar-refractivity contribution in [2.75, 3.05) is 67.6 Å². The van der Waals surface area contributed by atoms with Gasteiger partial charge in [-0.3, -0.25) is 58.1 Å². The lowest BCUT2D eigenvalue weighted by atomic mass is 9.94. The smallest absolute Gasteiger partial charge is 0.274 e. The first kappa shape index (κ1) is 96.0. The summed E-state index contributed by atoms with van der Waals surface area (Å²) < 4.78 is 144. The Morgan fingerprint density at radius 2 is 0.933 bits per heavy atom. The van der Waals surface area contributed by atoms with Gasteiger partial charge in [0, 0.05) is 136 Å². The summed E-state index contributed by atoms with van der Waals surface area (Å²) in [6.45, 7) is 9.43. The van der Waals surface area contributed by atoms with Gasteiger partial charge < -0.3 is 55.4 Å². The third-order valence-electron chi connectivity index (χ3n) is 23.0. The van der Waals surface area contributed by atoms with Crippen LogP contribution in [-0.4, -0.2) is 164 Å². The fourth-order valence-electron chi connectivity index (χ4n) is 16.5. The summed E-state index contributed by atoms with van der Waals surface area (Å²) in [5, 5.41) is 21.5. The lowest BCUT2D eigenvalue weighted by Crippen LogP contribution is -2.54. The van der Waals surface area contributed by atoms with Gasteiger partial charge in [-0.15, -0.1) is 0 Å². The van der Waals surface area contributed by atoms with E-state index in [1.165, 1.54) is 110 Å². The molecule has 2 saturated heterocycles. The van der Waals surface area contributed by atoms with E-state index in [0.29, 0.717) is 117 Å². The Balaban J connectivity index is 0.000000163. The Morgan fingerprint density at radius 3 is 1.41 bits per heavy atom. The normalized spacial score (nSPS) is 13.3. The van der Waals surface area contributed by atoms with Gasteiger partial charge >= 0.3 is 0 Å². The number of nitrogens with zero attached hydrogens (tertiary/aromatic N) is 10. The summed E-state index contributed by atoms with van der Waals surface area (Å²) in [5.74, 6) is -8.65. The molecular formula is C101H95F9N16O9. The molecule has 2 aliphatic rings. The molecule has 2 aliphatic heterocycles. The molecule has 0 unspecified atom stereocenters. The van der Waals surface area contributed by atoms with Gasteiger partial charge in [0.05, 0.1) is 83.2 Å². The van der Waals surface area contributed by atoms with Crippen LogP contribution in [0.3, 0.4) is 0 Å². The number of nitrogens with one attached hydrogen (secondary N) is 6. The number of hydrogen-bond acceptors (Lipinski definition) is 15. The minimum absolute atomic E-state index is 0.000752. The maximum atomic E-state index is 14.6. The van der Waals surface area contributed by atoms with Gasteiger partial charge in [-0.1, -0.05) is 68.4 Å². The summed E-state index contributed by atoms with van der Waals surface area (Å²) in [7, 11) is 5.92. The van der Waals surface area contributed by atoms with Crippen molar-refractivity contribution in [2.24, 2.45) is 0 Å². The van der Waals surface area contributed by atoms with Crippen molar-refractivity contribution in [1.29, 1.82) is 0 Å². The van der Waals surface area contributed by atoms with Crippen molar-refractivity contribution in [1.82, 2.24) is 80.6 Å². The highest BCUT2D eigenvalue weighted by Crippen LogP contribution is 2.36. The maximum absolute atomic E-state index is 14.6.